The number of nitrogen functional groups attached to an aromatic ring is 3. The number of aromatic hydroxyl groups is 5. The van der Waals surface area contributed by atoms with E-state index in [2.05, 4.69) is 61.4 Å². The van der Waals surface area contributed by atoms with Crippen molar-refractivity contribution < 1.29 is 112 Å². The maximum absolute atomic E-state index is 12.9. The molecule has 0 amide bonds. The average Bonchev–Trinajstić information content (AvgIpc) is 0.748. The molecule has 10 aromatic carbocycles. The van der Waals surface area contributed by atoms with Crippen LogP contribution in [0.4, 0.5) is 85.3 Å². The van der Waals surface area contributed by atoms with Gasteiger partial charge in [-0.15, -0.1) is 40.9 Å². The largest absolute Gasteiger partial charge is 0.507 e. The van der Waals surface area contributed by atoms with Crippen LogP contribution in [0.2, 0.25) is 0 Å². The van der Waals surface area contributed by atoms with Crippen molar-refractivity contribution in [2.24, 2.45) is 61.4 Å². The number of ether oxygens (including phenoxy) is 1. The number of carbonyl (C=O) groups is 3. The van der Waals surface area contributed by atoms with Crippen molar-refractivity contribution in [2.75, 3.05) is 24.3 Å². The molecule has 0 spiro atoms. The van der Waals surface area contributed by atoms with Crippen molar-refractivity contribution in [1.29, 1.82) is 0 Å². The van der Waals surface area contributed by atoms with E-state index in [1.807, 2.05) is 0 Å². The number of nitrogens with two attached hydrogens (primary N) is 3. The zero-order valence-electron chi connectivity index (χ0n) is 57.0. The topological polar surface area (TPSA) is 666 Å². The van der Waals surface area contributed by atoms with Gasteiger partial charge in [-0.1, -0.05) is 0 Å². The molecule has 0 aliphatic heterocycles. The number of carboxylic acids is 3. The third-order valence-electron chi connectivity index (χ3n) is 14.3. The number of aromatic carboxylic acids is 3. The number of hydrogen-bond donors (Lipinski definition) is 15. The first kappa shape index (κ1) is 96.0. The van der Waals surface area contributed by atoms with Crippen LogP contribution in [0.25, 0.3) is 32.3 Å². The quantitative estimate of drug-likeness (QED) is 0.0146. The first-order chi connectivity index (χ1) is 47.3. The van der Waals surface area contributed by atoms with Crippen molar-refractivity contribution in [2.45, 2.75) is 19.6 Å². The second kappa shape index (κ2) is 38.4. The molecular formula is C58H41N15Na7O24S4. The summed E-state index contributed by atoms with van der Waals surface area (Å²) in [5.74, 6) is -9.38. The number of methoxy groups -OCH3 is 1. The summed E-state index contributed by atoms with van der Waals surface area (Å²) in [7, 11) is -20.5. The Morgan fingerprint density at radius 1 is 0.343 bits per heavy atom. The molecule has 0 saturated carbocycles. The Hall–Kier alpha value is -6.17. The van der Waals surface area contributed by atoms with E-state index in [0.717, 1.165) is 79.9 Å². The Morgan fingerprint density at radius 2 is 0.657 bits per heavy atom. The number of fused-ring (bicyclic) bond motifs is 3. The monoisotopic (exact) mass is 1620 g/mol. The summed E-state index contributed by atoms with van der Waals surface area (Å²) in [5.41, 5.74) is 9.24. The van der Waals surface area contributed by atoms with Gasteiger partial charge in [0.1, 0.15) is 93.5 Å². The summed E-state index contributed by atoms with van der Waals surface area (Å²) < 4.78 is 150. The number of azo groups is 6. The third-order valence-corrected chi connectivity index (χ3v) is 17.7. The van der Waals surface area contributed by atoms with Gasteiger partial charge in [-0.2, -0.15) is 54.1 Å². The molecule has 0 aromatic heterocycles. The zero-order valence-corrected chi connectivity index (χ0v) is 74.3. The van der Waals surface area contributed by atoms with E-state index < -0.39 is 174 Å². The van der Waals surface area contributed by atoms with Crippen LogP contribution < -0.4 is 21.9 Å². The van der Waals surface area contributed by atoms with Crippen molar-refractivity contribution in [1.82, 2.24) is 0 Å². The summed E-state index contributed by atoms with van der Waals surface area (Å²) in [6, 6.07) is 19.8. The normalized spacial score (nSPS) is 11.8. The fraction of sp³-hybridized carbons (Fsp3) is 0.0172. The SMILES string of the molecule is COc1cc(N=Nc2c(S(=O)(=O)O)cc3c(N=Nc4ccc(O)c(C(=O)O)c4)c(N)ccc3c2O)ccc1N=Nc1c(S(=O)(=O)O)cc2cc(S(=O)(=O)O)c(N=Nc3ccc(N=Nc4c(S(=O)(=O)O)cc5c(N=Nc6ccc(O)c(C(=O)O)c6)c(N)ccc5c4O)cc3C(=O)O)c(N)c2c1O.[Na].[Na].[Na].[Na].[Na].[Na].[Na]. The molecule has 10 aromatic rings. The van der Waals surface area contributed by atoms with Crippen molar-refractivity contribution >= 4 is 383 Å². The Kier molecular flexibility index (Phi) is 34.1. The summed E-state index contributed by atoms with van der Waals surface area (Å²) in [6.07, 6.45) is 0. The molecule has 0 aliphatic carbocycles. The van der Waals surface area contributed by atoms with Crippen LogP contribution in [0.3, 0.4) is 0 Å². The second-order valence-corrected chi connectivity index (χ2v) is 26.2. The van der Waals surface area contributed by atoms with E-state index in [0.29, 0.717) is 12.1 Å². The molecule has 523 valence electrons. The molecule has 18 N–H and O–H groups in total. The number of nitrogens with zero attached hydrogens (tertiary/aromatic N) is 12. The molecule has 0 fully saturated rings. The number of hydrogen-bond acceptors (Lipinski definition) is 32. The number of phenolic OH excluding ortho intramolecular Hbond substituents is 3. The van der Waals surface area contributed by atoms with Gasteiger partial charge in [-0.05, 0) is 121 Å². The summed E-state index contributed by atoms with van der Waals surface area (Å²) in [4.78, 5) is 31.2. The number of phenols is 5. The minimum Gasteiger partial charge on any atom is -0.507 e. The van der Waals surface area contributed by atoms with E-state index in [-0.39, 0.29) is 280 Å². The van der Waals surface area contributed by atoms with Crippen molar-refractivity contribution in [3.05, 3.63) is 138 Å². The molecular weight excluding hydrogens is 1580 g/mol. The standard InChI is InChI=1S/C58H41N15O24S4.7Na/c1-97-40-19-26(65-72-51-44(101(94,95)96)21-30-28(54(51)77)7-9-35(60)48(30)69-63-25-5-13-39(75)33(18-25)58(83)84)3-11-37(40)67-73-52-42(99(88,89)90)15-22-14-41(98(85,86)87)49(46(61)45(22)55(52)78)70-66-36-10-2-23(16-31(36)56(79)80)64-71-50-43(100(91,92)93)20-29-27(53(50)76)6-8-34(59)47(29)68-62-24-4-12-38(74)32(17-24)57(81)82;;;;;;;/h2-21,74-78H,59-61H2,1H3,(H,79,80)(H,81,82)(H,83,84)(H,85,86,87)(H,88,89,90)(H,91,92,93)(H,94,95,96);;;;;;;. The maximum Gasteiger partial charge on any atom is 0.339 e. The van der Waals surface area contributed by atoms with Crippen LogP contribution >= 0.6 is 0 Å². The fourth-order valence-corrected chi connectivity index (χ4v) is 12.2. The van der Waals surface area contributed by atoms with Gasteiger partial charge in [0.15, 0.2) is 17.2 Å². The first-order valence-corrected chi connectivity index (χ1v) is 33.0. The van der Waals surface area contributed by atoms with Crippen LogP contribution in [-0.2, 0) is 40.5 Å². The van der Waals surface area contributed by atoms with E-state index >= 15 is 0 Å². The Bertz CT molecular complexity index is 6030. The van der Waals surface area contributed by atoms with Gasteiger partial charge in [-0.25, -0.2) is 14.4 Å². The summed E-state index contributed by atoms with van der Waals surface area (Å²) >= 11 is 0. The molecule has 0 bridgehead atoms. The predicted molar refractivity (Wildman–Crippen MR) is 391 cm³/mol. The molecule has 0 saturated heterocycles. The van der Waals surface area contributed by atoms with Crippen LogP contribution in [0.1, 0.15) is 31.1 Å². The van der Waals surface area contributed by atoms with Crippen LogP contribution in [0.15, 0.2) is 202 Å². The van der Waals surface area contributed by atoms with E-state index in [1.54, 1.807) is 0 Å². The predicted octanol–water partition coefficient (Wildman–Crippen LogP) is 10.3. The van der Waals surface area contributed by atoms with Crippen LogP contribution in [-0.4, -0.2) is 325 Å². The molecule has 7 radical (unpaired) electrons. The number of anilines is 3. The van der Waals surface area contributed by atoms with Crippen LogP contribution in [0, 0.1) is 0 Å². The number of benzene rings is 10. The molecule has 0 aliphatic rings. The van der Waals surface area contributed by atoms with Gasteiger partial charge < -0.3 is 62.8 Å². The number of rotatable bonds is 20. The zero-order chi connectivity index (χ0) is 73.7. The average molecular weight is 1620 g/mol. The molecule has 50 heteroatoms. The van der Waals surface area contributed by atoms with Gasteiger partial charge >= 0.3 is 17.9 Å². The number of carboxylic acid groups (broad SMARTS) is 3. The molecule has 10 rings (SSSR count). The molecule has 0 unspecified atom stereocenters. The summed E-state index contributed by atoms with van der Waals surface area (Å²) in [5, 5.41) is 128. The minimum absolute atomic E-state index is 0. The van der Waals surface area contributed by atoms with Crippen molar-refractivity contribution in [3.8, 4) is 34.5 Å². The van der Waals surface area contributed by atoms with Gasteiger partial charge in [0.25, 0.3) is 40.5 Å². The Balaban J connectivity index is 0.00000432. The van der Waals surface area contributed by atoms with Gasteiger partial charge in [0, 0.05) is 235 Å². The van der Waals surface area contributed by atoms with Gasteiger partial charge in [-0.3, -0.25) is 18.2 Å². The van der Waals surface area contributed by atoms with E-state index in [1.165, 1.54) is 36.4 Å². The third kappa shape index (κ3) is 20.9. The van der Waals surface area contributed by atoms with E-state index in [4.69, 9.17) is 21.9 Å². The van der Waals surface area contributed by atoms with Crippen LogP contribution in [0.5, 0.6) is 34.5 Å². The van der Waals surface area contributed by atoms with E-state index in [9.17, 15) is 107 Å². The molecule has 108 heavy (non-hydrogen) atoms. The maximum atomic E-state index is 12.9. The van der Waals surface area contributed by atoms with Gasteiger partial charge in [0.05, 0.1) is 57.9 Å². The van der Waals surface area contributed by atoms with Gasteiger partial charge in [0.2, 0.25) is 0 Å². The minimum atomic E-state index is -5.50. The fourth-order valence-electron chi connectivity index (χ4n) is 9.57. The molecule has 39 nitrogen and oxygen atoms in total. The molecule has 0 heterocycles. The Labute approximate surface area is 761 Å². The smallest absolute Gasteiger partial charge is 0.339 e. The summed E-state index contributed by atoms with van der Waals surface area (Å²) in [6.45, 7) is 0. The van der Waals surface area contributed by atoms with Crippen molar-refractivity contribution in [3.63, 3.8) is 0 Å². The second-order valence-electron chi connectivity index (χ2n) is 20.6. The Morgan fingerprint density at radius 3 is 1.05 bits per heavy atom. The first-order valence-electron chi connectivity index (χ1n) is 27.2. The molecule has 0 atom stereocenters.